The molecule has 0 saturated carbocycles. The number of ether oxygens (including phenoxy) is 2. The summed E-state index contributed by atoms with van der Waals surface area (Å²) in [5, 5.41) is 10.7. The highest BCUT2D eigenvalue weighted by molar-refractivity contribution is 5.65. The van der Waals surface area contributed by atoms with Crippen LogP contribution in [0.1, 0.15) is 29.2 Å². The van der Waals surface area contributed by atoms with Crippen molar-refractivity contribution in [3.05, 3.63) is 58.7 Å². The van der Waals surface area contributed by atoms with Gasteiger partial charge in [0.2, 0.25) is 5.60 Å². The van der Waals surface area contributed by atoms with Gasteiger partial charge in [-0.1, -0.05) is 29.8 Å². The van der Waals surface area contributed by atoms with E-state index in [-0.39, 0.29) is 12.4 Å². The summed E-state index contributed by atoms with van der Waals surface area (Å²) < 4.78 is 52.5. The van der Waals surface area contributed by atoms with Crippen LogP contribution in [0.2, 0.25) is 0 Å². The maximum Gasteiger partial charge on any atom is 0.423 e. The normalized spacial score (nSPS) is 14.0. The van der Waals surface area contributed by atoms with Crippen LogP contribution in [0.4, 0.5) is 18.9 Å². The van der Waals surface area contributed by atoms with Gasteiger partial charge in [-0.05, 0) is 38.0 Å². The second-order valence-corrected chi connectivity index (χ2v) is 7.49. The van der Waals surface area contributed by atoms with Crippen molar-refractivity contribution in [1.29, 1.82) is 0 Å². The first kappa shape index (κ1) is 24.7. The molecule has 0 radical (unpaired) electrons. The molecule has 170 valence electrons. The van der Waals surface area contributed by atoms with Gasteiger partial charge < -0.3 is 19.5 Å². The topological polar surface area (TPSA) is 54.3 Å². The van der Waals surface area contributed by atoms with E-state index in [1.165, 1.54) is 19.2 Å². The number of rotatable bonds is 9. The molecule has 2 aromatic rings. The number of benzene rings is 2. The Kier molecular flexibility index (Phi) is 8.08. The van der Waals surface area contributed by atoms with Gasteiger partial charge in [-0.3, -0.25) is 0 Å². The molecule has 8 heteroatoms. The van der Waals surface area contributed by atoms with Crippen LogP contribution in [0.15, 0.2) is 41.4 Å². The summed E-state index contributed by atoms with van der Waals surface area (Å²) in [7, 11) is 3.09. The summed E-state index contributed by atoms with van der Waals surface area (Å²) in [6.07, 6.45) is -3.39. The molecule has 2 aromatic carbocycles. The summed E-state index contributed by atoms with van der Waals surface area (Å²) in [4.78, 5) is 6.13. The molecule has 1 N–H and O–H groups in total. The lowest BCUT2D eigenvalue weighted by Gasteiger charge is -2.32. The molecule has 0 aliphatic rings. The molecule has 0 saturated heterocycles. The van der Waals surface area contributed by atoms with E-state index in [2.05, 4.69) is 4.99 Å². The van der Waals surface area contributed by atoms with Crippen LogP contribution in [0.25, 0.3) is 0 Å². The van der Waals surface area contributed by atoms with E-state index < -0.39 is 23.9 Å². The van der Waals surface area contributed by atoms with E-state index in [9.17, 15) is 18.3 Å². The highest BCUT2D eigenvalue weighted by Crippen LogP contribution is 2.45. The summed E-state index contributed by atoms with van der Waals surface area (Å²) in [5.74, 6) is -0.115. The van der Waals surface area contributed by atoms with Crippen molar-refractivity contribution in [2.45, 2.75) is 39.2 Å². The van der Waals surface area contributed by atoms with Gasteiger partial charge in [0.05, 0.1) is 32.3 Å². The Morgan fingerprint density at radius 1 is 1.13 bits per heavy atom. The molecule has 1 unspecified atom stereocenters. The number of aliphatic hydroxyl groups is 1. The monoisotopic (exact) mass is 438 g/mol. The SMILES string of the molecule is CCN(C)/C=N/c1cc(OC)c(C(O)(COCc2ccc(C)cc2)C(F)(F)F)cc1C. The molecule has 0 aliphatic heterocycles. The second-order valence-electron chi connectivity index (χ2n) is 7.49. The zero-order valence-electron chi connectivity index (χ0n) is 18.5. The van der Waals surface area contributed by atoms with Crippen molar-refractivity contribution in [2.75, 3.05) is 27.3 Å². The lowest BCUT2D eigenvalue weighted by atomic mass is 9.91. The third-order valence-corrected chi connectivity index (χ3v) is 5.03. The first-order chi connectivity index (χ1) is 14.5. The Hall–Kier alpha value is -2.58. The first-order valence-electron chi connectivity index (χ1n) is 9.87. The van der Waals surface area contributed by atoms with Gasteiger partial charge in [0.15, 0.2) is 0 Å². The quantitative estimate of drug-likeness (QED) is 0.447. The summed E-state index contributed by atoms with van der Waals surface area (Å²) in [6, 6.07) is 9.87. The van der Waals surface area contributed by atoms with Crippen LogP contribution in [-0.4, -0.2) is 49.8 Å². The van der Waals surface area contributed by atoms with Gasteiger partial charge in [0.1, 0.15) is 5.75 Å². The average Bonchev–Trinajstić information content (AvgIpc) is 2.72. The van der Waals surface area contributed by atoms with Crippen molar-refractivity contribution in [1.82, 2.24) is 4.90 Å². The molecule has 0 heterocycles. The number of halogens is 3. The van der Waals surface area contributed by atoms with Gasteiger partial charge in [0, 0.05) is 25.2 Å². The number of aliphatic imine (C=N–C) groups is 1. The van der Waals surface area contributed by atoms with E-state index >= 15 is 0 Å². The van der Waals surface area contributed by atoms with Crippen LogP contribution >= 0.6 is 0 Å². The van der Waals surface area contributed by atoms with Crippen molar-refractivity contribution in [3.63, 3.8) is 0 Å². The van der Waals surface area contributed by atoms with E-state index in [1.54, 1.807) is 25.4 Å². The lowest BCUT2D eigenvalue weighted by molar-refractivity contribution is -0.283. The molecular formula is C23H29F3N2O3. The Labute approximate surface area is 181 Å². The fraction of sp³-hybridized carbons (Fsp3) is 0.435. The zero-order chi connectivity index (χ0) is 23.2. The molecule has 1 atom stereocenters. The lowest BCUT2D eigenvalue weighted by Crippen LogP contribution is -2.46. The van der Waals surface area contributed by atoms with Gasteiger partial charge in [-0.15, -0.1) is 0 Å². The Morgan fingerprint density at radius 2 is 1.77 bits per heavy atom. The highest BCUT2D eigenvalue weighted by atomic mass is 19.4. The van der Waals surface area contributed by atoms with Crippen molar-refractivity contribution in [2.24, 2.45) is 4.99 Å². The van der Waals surface area contributed by atoms with Crippen LogP contribution in [0.3, 0.4) is 0 Å². The fourth-order valence-corrected chi connectivity index (χ4v) is 2.86. The number of alkyl halides is 3. The summed E-state index contributed by atoms with van der Waals surface area (Å²) >= 11 is 0. The number of nitrogens with zero attached hydrogens (tertiary/aromatic N) is 2. The van der Waals surface area contributed by atoms with Crippen LogP contribution in [0, 0.1) is 13.8 Å². The van der Waals surface area contributed by atoms with E-state index in [0.29, 0.717) is 16.8 Å². The molecule has 0 aromatic heterocycles. The van der Waals surface area contributed by atoms with Gasteiger partial charge in [0.25, 0.3) is 0 Å². The maximum absolute atomic E-state index is 14.0. The highest BCUT2D eigenvalue weighted by Gasteiger charge is 2.56. The van der Waals surface area contributed by atoms with Crippen molar-refractivity contribution < 1.29 is 27.8 Å². The van der Waals surface area contributed by atoms with E-state index in [1.807, 2.05) is 37.9 Å². The molecule has 0 bridgehead atoms. The van der Waals surface area contributed by atoms with Crippen molar-refractivity contribution >= 4 is 12.0 Å². The molecule has 0 fully saturated rings. The number of hydrogen-bond donors (Lipinski definition) is 1. The molecule has 0 spiro atoms. The number of aryl methyl sites for hydroxylation is 2. The maximum atomic E-state index is 14.0. The van der Waals surface area contributed by atoms with E-state index in [0.717, 1.165) is 12.1 Å². The molecule has 0 aliphatic carbocycles. The third kappa shape index (κ3) is 5.98. The minimum atomic E-state index is -4.98. The van der Waals surface area contributed by atoms with Gasteiger partial charge in [-0.25, -0.2) is 4.99 Å². The second kappa shape index (κ2) is 10.2. The molecule has 31 heavy (non-hydrogen) atoms. The summed E-state index contributed by atoms with van der Waals surface area (Å²) in [6.45, 7) is 5.18. The number of methoxy groups -OCH3 is 1. The molecular weight excluding hydrogens is 409 g/mol. The van der Waals surface area contributed by atoms with E-state index in [4.69, 9.17) is 9.47 Å². The molecule has 2 rings (SSSR count). The Balaban J connectivity index is 2.36. The van der Waals surface area contributed by atoms with Gasteiger partial charge >= 0.3 is 6.18 Å². The first-order valence-corrected chi connectivity index (χ1v) is 9.87. The molecule has 5 nitrogen and oxygen atoms in total. The number of hydrogen-bond acceptors (Lipinski definition) is 4. The van der Waals surface area contributed by atoms with Crippen LogP contribution in [0.5, 0.6) is 5.75 Å². The van der Waals surface area contributed by atoms with Crippen LogP contribution < -0.4 is 4.74 Å². The summed E-state index contributed by atoms with van der Waals surface area (Å²) in [5.41, 5.74) is -0.988. The predicted octanol–water partition coefficient (Wildman–Crippen LogP) is 4.89. The standard InChI is InChI=1S/C23H29F3N2O3/c1-6-28(4)15-27-20-12-21(30-5)19(11-17(20)3)22(29,23(24,25)26)14-31-13-18-9-7-16(2)8-10-18/h7-12,15,29H,6,13-14H2,1-5H3/b27-15+. The Morgan fingerprint density at radius 3 is 2.32 bits per heavy atom. The van der Waals surface area contributed by atoms with Crippen molar-refractivity contribution in [3.8, 4) is 5.75 Å². The minimum Gasteiger partial charge on any atom is -0.496 e. The minimum absolute atomic E-state index is 0.0638. The largest absolute Gasteiger partial charge is 0.496 e. The molecule has 0 amide bonds. The zero-order valence-corrected chi connectivity index (χ0v) is 18.5. The van der Waals surface area contributed by atoms with Crippen LogP contribution in [-0.2, 0) is 16.9 Å². The Bertz CT molecular complexity index is 898. The van der Waals surface area contributed by atoms with Gasteiger partial charge in [-0.2, -0.15) is 13.2 Å². The fourth-order valence-electron chi connectivity index (χ4n) is 2.86. The smallest absolute Gasteiger partial charge is 0.423 e. The third-order valence-electron chi connectivity index (χ3n) is 5.03. The predicted molar refractivity (Wildman–Crippen MR) is 115 cm³/mol. The average molecular weight is 438 g/mol.